The van der Waals surface area contributed by atoms with Crippen molar-refractivity contribution in [2.45, 2.75) is 45.4 Å². The van der Waals surface area contributed by atoms with Gasteiger partial charge >= 0.3 is 7.12 Å². The molecule has 0 spiro atoms. The monoisotopic (exact) mass is 343 g/mol. The Labute approximate surface area is 147 Å². The molecule has 0 unspecified atom stereocenters. The van der Waals surface area contributed by atoms with E-state index in [-0.39, 0.29) is 11.2 Å². The number of hydrogen-bond acceptors (Lipinski definition) is 4. The predicted octanol–water partition coefficient (Wildman–Crippen LogP) is 2.76. The predicted molar refractivity (Wildman–Crippen MR) is 93.2 cm³/mol. The molecule has 124 valence electrons. The highest BCUT2D eigenvalue weighted by Gasteiger charge is 2.52. The minimum Gasteiger partial charge on any atom is -0.399 e. The van der Waals surface area contributed by atoms with E-state index in [9.17, 15) is 5.26 Å². The maximum absolute atomic E-state index is 9.24. The fraction of sp³-hybridized carbons (Fsp3) is 0.412. The largest absolute Gasteiger partial charge is 0.498 e. The van der Waals surface area contributed by atoms with Crippen LogP contribution < -0.4 is 5.46 Å². The normalized spacial score (nSPS) is 18.6. The van der Waals surface area contributed by atoms with Crippen LogP contribution in [0.4, 0.5) is 0 Å². The number of nitrogens with zero attached hydrogens (tertiary/aromatic N) is 3. The van der Waals surface area contributed by atoms with Crippen LogP contribution in [0.2, 0.25) is 5.02 Å². The molecular weight excluding hydrogens is 324 g/mol. The Bertz CT molecular complexity index is 794. The van der Waals surface area contributed by atoms with E-state index >= 15 is 0 Å². The number of hydrogen-bond donors (Lipinski definition) is 0. The highest BCUT2D eigenvalue weighted by molar-refractivity contribution is 6.62. The summed E-state index contributed by atoms with van der Waals surface area (Å²) in [7, 11) is -0.440. The van der Waals surface area contributed by atoms with Crippen LogP contribution in [0, 0.1) is 11.3 Å². The van der Waals surface area contributed by atoms with Gasteiger partial charge in [-0.25, -0.2) is 0 Å². The molecule has 0 bridgehead atoms. The second-order valence-corrected chi connectivity index (χ2v) is 7.41. The fourth-order valence-electron chi connectivity index (χ4n) is 2.53. The quantitative estimate of drug-likeness (QED) is 0.804. The molecule has 1 fully saturated rings. The van der Waals surface area contributed by atoms with E-state index in [1.807, 2.05) is 40.0 Å². The first-order valence-electron chi connectivity index (χ1n) is 7.78. The lowest BCUT2D eigenvalue weighted by Gasteiger charge is -2.32. The van der Waals surface area contributed by atoms with Gasteiger partial charge in [-0.1, -0.05) is 17.7 Å². The fourth-order valence-corrected chi connectivity index (χ4v) is 2.70. The van der Waals surface area contributed by atoms with Gasteiger partial charge in [-0.05, 0) is 45.4 Å². The summed E-state index contributed by atoms with van der Waals surface area (Å²) in [6.07, 6.45) is 3.63. The number of halogens is 1. The summed E-state index contributed by atoms with van der Waals surface area (Å²) in [6, 6.07) is 7.45. The lowest BCUT2D eigenvalue weighted by Crippen LogP contribution is -2.41. The van der Waals surface area contributed by atoms with Crippen molar-refractivity contribution in [1.82, 2.24) is 9.78 Å². The van der Waals surface area contributed by atoms with Gasteiger partial charge in [0.15, 0.2) is 0 Å². The summed E-state index contributed by atoms with van der Waals surface area (Å²) in [6.45, 7) is 8.56. The molecule has 0 N–H and O–H groups in total. The first-order valence-corrected chi connectivity index (χ1v) is 8.16. The smallest absolute Gasteiger partial charge is 0.399 e. The molecule has 1 aliphatic rings. The number of nitriles is 1. The minimum absolute atomic E-state index is 0.385. The van der Waals surface area contributed by atoms with Gasteiger partial charge in [0.05, 0.1) is 29.4 Å². The molecule has 1 aromatic heterocycles. The Morgan fingerprint density at radius 3 is 2.54 bits per heavy atom. The lowest BCUT2D eigenvalue weighted by atomic mass is 9.82. The van der Waals surface area contributed by atoms with Crippen LogP contribution in [-0.2, 0) is 15.9 Å². The van der Waals surface area contributed by atoms with Crippen molar-refractivity contribution >= 4 is 24.2 Å². The zero-order chi connectivity index (χ0) is 17.5. The van der Waals surface area contributed by atoms with Crippen molar-refractivity contribution in [3.05, 3.63) is 46.7 Å². The van der Waals surface area contributed by atoms with Gasteiger partial charge in [0.2, 0.25) is 0 Å². The maximum Gasteiger partial charge on any atom is 0.498 e. The summed E-state index contributed by atoms with van der Waals surface area (Å²) in [5.74, 6) is 0. The summed E-state index contributed by atoms with van der Waals surface area (Å²) in [4.78, 5) is 0. The molecular formula is C17H19BClN3O2. The highest BCUT2D eigenvalue weighted by Crippen LogP contribution is 2.36. The first kappa shape index (κ1) is 17.0. The second kappa shape index (κ2) is 5.93. The summed E-state index contributed by atoms with van der Waals surface area (Å²) in [5, 5.41) is 14.1. The van der Waals surface area contributed by atoms with E-state index in [4.69, 9.17) is 20.9 Å². The van der Waals surface area contributed by atoms with Crippen molar-refractivity contribution in [3.8, 4) is 6.07 Å². The van der Waals surface area contributed by atoms with Gasteiger partial charge in [0, 0.05) is 22.9 Å². The molecule has 0 atom stereocenters. The van der Waals surface area contributed by atoms with Crippen molar-refractivity contribution in [2.75, 3.05) is 0 Å². The van der Waals surface area contributed by atoms with Crippen LogP contribution in [0.3, 0.4) is 0 Å². The number of aromatic nitrogens is 2. The molecule has 0 saturated carbocycles. The van der Waals surface area contributed by atoms with Gasteiger partial charge in [-0.3, -0.25) is 4.68 Å². The molecule has 7 heteroatoms. The molecule has 1 aromatic carbocycles. The summed E-state index contributed by atoms with van der Waals surface area (Å²) in [5.41, 5.74) is 1.51. The molecule has 0 amide bonds. The number of benzene rings is 1. The average Bonchev–Trinajstić information content (AvgIpc) is 3.04. The van der Waals surface area contributed by atoms with Crippen molar-refractivity contribution in [3.63, 3.8) is 0 Å². The van der Waals surface area contributed by atoms with Crippen LogP contribution in [0.25, 0.3) is 0 Å². The minimum atomic E-state index is -0.440. The van der Waals surface area contributed by atoms with Crippen LogP contribution in [-0.4, -0.2) is 28.1 Å². The molecule has 2 aromatic rings. The van der Waals surface area contributed by atoms with Crippen LogP contribution >= 0.6 is 11.6 Å². The highest BCUT2D eigenvalue weighted by atomic mass is 35.5. The third-order valence-electron chi connectivity index (χ3n) is 4.70. The number of rotatable bonds is 3. The lowest BCUT2D eigenvalue weighted by molar-refractivity contribution is 0.00578. The van der Waals surface area contributed by atoms with E-state index in [0.29, 0.717) is 17.1 Å². The molecule has 5 nitrogen and oxygen atoms in total. The Morgan fingerprint density at radius 2 is 1.92 bits per heavy atom. The van der Waals surface area contributed by atoms with Crippen molar-refractivity contribution in [2.24, 2.45) is 0 Å². The van der Waals surface area contributed by atoms with E-state index in [2.05, 4.69) is 11.2 Å². The average molecular weight is 344 g/mol. The molecule has 3 rings (SSSR count). The third-order valence-corrected chi connectivity index (χ3v) is 4.94. The van der Waals surface area contributed by atoms with Gasteiger partial charge in [0.25, 0.3) is 0 Å². The Kier molecular flexibility index (Phi) is 4.20. The van der Waals surface area contributed by atoms with Crippen LogP contribution in [0.1, 0.15) is 38.8 Å². The molecule has 2 heterocycles. The molecule has 0 aliphatic carbocycles. The van der Waals surface area contributed by atoms with E-state index in [1.54, 1.807) is 23.0 Å². The van der Waals surface area contributed by atoms with Crippen LogP contribution in [0.5, 0.6) is 0 Å². The third kappa shape index (κ3) is 3.07. The first-order chi connectivity index (χ1) is 11.2. The van der Waals surface area contributed by atoms with Crippen molar-refractivity contribution < 1.29 is 9.31 Å². The maximum atomic E-state index is 9.24. The second-order valence-electron chi connectivity index (χ2n) is 6.97. The molecule has 1 aliphatic heterocycles. The van der Waals surface area contributed by atoms with Crippen LogP contribution in [0.15, 0.2) is 30.6 Å². The van der Waals surface area contributed by atoms with Gasteiger partial charge in [-0.2, -0.15) is 10.4 Å². The van der Waals surface area contributed by atoms with E-state index < -0.39 is 7.12 Å². The zero-order valence-corrected chi connectivity index (χ0v) is 15.0. The van der Waals surface area contributed by atoms with Gasteiger partial charge < -0.3 is 9.31 Å². The summed E-state index contributed by atoms with van der Waals surface area (Å²) < 4.78 is 13.8. The van der Waals surface area contributed by atoms with E-state index in [1.165, 1.54) is 0 Å². The molecule has 24 heavy (non-hydrogen) atoms. The Hall–Kier alpha value is -1.81. The van der Waals surface area contributed by atoms with Gasteiger partial charge in [-0.15, -0.1) is 0 Å². The van der Waals surface area contributed by atoms with Crippen molar-refractivity contribution in [1.29, 1.82) is 5.26 Å². The topological polar surface area (TPSA) is 60.1 Å². The molecule has 1 saturated heterocycles. The van der Waals surface area contributed by atoms with E-state index in [0.717, 1.165) is 11.0 Å². The summed E-state index contributed by atoms with van der Waals surface area (Å²) >= 11 is 5.94. The van der Waals surface area contributed by atoms with Gasteiger partial charge in [0.1, 0.15) is 0 Å². The standard InChI is InChI=1S/C17H19BClN3O2/c1-16(2)17(3,4)24-18(23-16)14-9-21-22(11-14)10-12-5-6-15(19)7-13(12)8-20/h5-7,9,11H,10H2,1-4H3. The molecule has 0 radical (unpaired) electrons. The zero-order valence-electron chi connectivity index (χ0n) is 14.2. The SMILES string of the molecule is CC1(C)OB(c2cnn(Cc3ccc(Cl)cc3C#N)c2)OC1(C)C. The Balaban J connectivity index is 1.79. The Morgan fingerprint density at radius 1 is 1.25 bits per heavy atom.